The first-order valence-electron chi connectivity index (χ1n) is 3.62. The molecule has 0 aromatic heterocycles. The third-order valence-electron chi connectivity index (χ3n) is 1.91. The number of methoxy groups -OCH3 is 2. The van der Waals surface area contributed by atoms with Crippen LogP contribution < -0.4 is 0 Å². The van der Waals surface area contributed by atoms with Crippen LogP contribution in [0.4, 0.5) is 0 Å². The SMILES string of the molecule is COC1(OC)OC(C)=CC1C. The summed E-state index contributed by atoms with van der Waals surface area (Å²) in [4.78, 5) is 0. The minimum atomic E-state index is -0.885. The first kappa shape index (κ1) is 8.56. The number of allylic oxidation sites excluding steroid dienone is 1. The van der Waals surface area contributed by atoms with Crippen LogP contribution >= 0.6 is 0 Å². The summed E-state index contributed by atoms with van der Waals surface area (Å²) >= 11 is 0. The Hall–Kier alpha value is -0.540. The van der Waals surface area contributed by atoms with Crippen molar-refractivity contribution in [3.63, 3.8) is 0 Å². The molecule has 0 saturated heterocycles. The quantitative estimate of drug-likeness (QED) is 0.570. The molecule has 0 fully saturated rings. The average molecular weight is 158 g/mol. The van der Waals surface area contributed by atoms with Gasteiger partial charge in [0, 0.05) is 14.2 Å². The molecule has 0 aromatic rings. The maximum atomic E-state index is 5.38. The zero-order valence-electron chi connectivity index (χ0n) is 7.38. The molecule has 1 aliphatic rings. The molecule has 0 N–H and O–H groups in total. The van der Waals surface area contributed by atoms with E-state index >= 15 is 0 Å². The molecule has 0 amide bonds. The first-order valence-corrected chi connectivity index (χ1v) is 3.62. The number of rotatable bonds is 2. The maximum absolute atomic E-state index is 5.38. The molecular weight excluding hydrogens is 144 g/mol. The van der Waals surface area contributed by atoms with Crippen molar-refractivity contribution >= 4 is 0 Å². The van der Waals surface area contributed by atoms with E-state index in [0.29, 0.717) is 0 Å². The summed E-state index contributed by atoms with van der Waals surface area (Å²) in [7, 11) is 3.15. The van der Waals surface area contributed by atoms with Crippen molar-refractivity contribution in [2.75, 3.05) is 14.2 Å². The fourth-order valence-electron chi connectivity index (χ4n) is 1.34. The van der Waals surface area contributed by atoms with Gasteiger partial charge in [-0.1, -0.05) is 0 Å². The zero-order chi connectivity index (χ0) is 8.48. The topological polar surface area (TPSA) is 27.7 Å². The van der Waals surface area contributed by atoms with Gasteiger partial charge in [-0.25, -0.2) is 0 Å². The van der Waals surface area contributed by atoms with E-state index in [-0.39, 0.29) is 5.92 Å². The van der Waals surface area contributed by atoms with Gasteiger partial charge in [0.15, 0.2) is 0 Å². The van der Waals surface area contributed by atoms with E-state index in [1.807, 2.05) is 19.9 Å². The fourth-order valence-corrected chi connectivity index (χ4v) is 1.34. The Bertz CT molecular complexity index is 170. The van der Waals surface area contributed by atoms with E-state index < -0.39 is 5.97 Å². The Kier molecular flexibility index (Phi) is 2.20. The molecule has 1 aliphatic heterocycles. The summed E-state index contributed by atoms with van der Waals surface area (Å²) in [6.45, 7) is 3.87. The molecule has 3 heteroatoms. The highest BCUT2D eigenvalue weighted by Gasteiger charge is 2.42. The molecule has 0 aliphatic carbocycles. The zero-order valence-corrected chi connectivity index (χ0v) is 7.38. The van der Waals surface area contributed by atoms with Crippen LogP contribution in [0.2, 0.25) is 0 Å². The van der Waals surface area contributed by atoms with Crippen LogP contribution in [0.3, 0.4) is 0 Å². The predicted molar refractivity (Wildman–Crippen MR) is 40.8 cm³/mol. The molecule has 0 aromatic carbocycles. The van der Waals surface area contributed by atoms with Crippen LogP contribution in [-0.4, -0.2) is 20.2 Å². The maximum Gasteiger partial charge on any atom is 0.332 e. The highest BCUT2D eigenvalue weighted by Crippen LogP contribution is 2.34. The normalized spacial score (nSPS) is 28.0. The van der Waals surface area contributed by atoms with Gasteiger partial charge in [0.1, 0.15) is 0 Å². The Morgan fingerprint density at radius 1 is 1.45 bits per heavy atom. The molecule has 1 heterocycles. The van der Waals surface area contributed by atoms with E-state index in [0.717, 1.165) is 5.76 Å². The van der Waals surface area contributed by atoms with E-state index in [4.69, 9.17) is 14.2 Å². The monoisotopic (exact) mass is 158 g/mol. The molecule has 11 heavy (non-hydrogen) atoms. The summed E-state index contributed by atoms with van der Waals surface area (Å²) in [5.74, 6) is 0.100. The standard InChI is InChI=1S/C8H14O3/c1-6-5-7(2)11-8(6,9-3)10-4/h5-6H,1-4H3. The van der Waals surface area contributed by atoms with Crippen molar-refractivity contribution in [3.8, 4) is 0 Å². The van der Waals surface area contributed by atoms with Crippen molar-refractivity contribution in [1.29, 1.82) is 0 Å². The average Bonchev–Trinajstić information content (AvgIpc) is 2.27. The summed E-state index contributed by atoms with van der Waals surface area (Å²) in [6, 6.07) is 0. The lowest BCUT2D eigenvalue weighted by molar-refractivity contribution is -0.352. The molecule has 0 spiro atoms. The van der Waals surface area contributed by atoms with Gasteiger partial charge in [-0.3, -0.25) is 0 Å². The summed E-state index contributed by atoms with van der Waals surface area (Å²) < 4.78 is 15.6. The van der Waals surface area contributed by atoms with Gasteiger partial charge in [-0.05, 0) is 19.9 Å². The molecule has 1 rings (SSSR count). The van der Waals surface area contributed by atoms with Crippen molar-refractivity contribution in [3.05, 3.63) is 11.8 Å². The Labute approximate surface area is 66.9 Å². The molecule has 0 radical (unpaired) electrons. The molecule has 0 bridgehead atoms. The van der Waals surface area contributed by atoms with Gasteiger partial charge < -0.3 is 14.2 Å². The molecule has 1 atom stereocenters. The first-order chi connectivity index (χ1) is 5.14. The predicted octanol–water partition coefficient (Wildman–Crippen LogP) is 1.50. The van der Waals surface area contributed by atoms with Crippen LogP contribution in [0.1, 0.15) is 13.8 Å². The van der Waals surface area contributed by atoms with E-state index in [1.165, 1.54) is 0 Å². The summed E-state index contributed by atoms with van der Waals surface area (Å²) in [5, 5.41) is 0. The van der Waals surface area contributed by atoms with Gasteiger partial charge >= 0.3 is 5.97 Å². The van der Waals surface area contributed by atoms with E-state index in [2.05, 4.69) is 0 Å². The van der Waals surface area contributed by atoms with E-state index in [9.17, 15) is 0 Å². The summed E-state index contributed by atoms with van der Waals surface area (Å²) in [5.41, 5.74) is 0. The van der Waals surface area contributed by atoms with Crippen LogP contribution in [0.25, 0.3) is 0 Å². The van der Waals surface area contributed by atoms with E-state index in [1.54, 1.807) is 14.2 Å². The van der Waals surface area contributed by atoms with Crippen LogP contribution in [0.15, 0.2) is 11.8 Å². The molecule has 0 saturated carbocycles. The Balaban J connectivity index is 2.75. The fraction of sp³-hybridized carbons (Fsp3) is 0.750. The van der Waals surface area contributed by atoms with Crippen molar-refractivity contribution < 1.29 is 14.2 Å². The third kappa shape index (κ3) is 1.26. The molecular formula is C8H14O3. The number of hydrogen-bond donors (Lipinski definition) is 0. The van der Waals surface area contributed by atoms with Crippen molar-refractivity contribution in [1.82, 2.24) is 0 Å². The second kappa shape index (κ2) is 2.83. The minimum Gasteiger partial charge on any atom is -0.444 e. The molecule has 3 nitrogen and oxygen atoms in total. The van der Waals surface area contributed by atoms with Crippen LogP contribution in [0, 0.1) is 5.92 Å². The van der Waals surface area contributed by atoms with Gasteiger partial charge in [-0.15, -0.1) is 0 Å². The largest absolute Gasteiger partial charge is 0.444 e. The Morgan fingerprint density at radius 2 is 2.00 bits per heavy atom. The van der Waals surface area contributed by atoms with Gasteiger partial charge in [0.05, 0.1) is 11.7 Å². The lowest BCUT2D eigenvalue weighted by Gasteiger charge is -2.29. The lowest BCUT2D eigenvalue weighted by atomic mass is 10.1. The highest BCUT2D eigenvalue weighted by atomic mass is 16.9. The van der Waals surface area contributed by atoms with Crippen LogP contribution in [0.5, 0.6) is 0 Å². The second-order valence-electron chi connectivity index (χ2n) is 2.68. The highest BCUT2D eigenvalue weighted by molar-refractivity contribution is 5.03. The smallest absolute Gasteiger partial charge is 0.332 e. The molecule has 1 unspecified atom stereocenters. The third-order valence-corrected chi connectivity index (χ3v) is 1.91. The minimum absolute atomic E-state index is 0.137. The lowest BCUT2D eigenvalue weighted by Crippen LogP contribution is -2.38. The number of ether oxygens (including phenoxy) is 3. The second-order valence-corrected chi connectivity index (χ2v) is 2.68. The van der Waals surface area contributed by atoms with Crippen LogP contribution in [-0.2, 0) is 14.2 Å². The van der Waals surface area contributed by atoms with Crippen molar-refractivity contribution in [2.24, 2.45) is 5.92 Å². The van der Waals surface area contributed by atoms with Gasteiger partial charge in [0.2, 0.25) is 0 Å². The Morgan fingerprint density at radius 3 is 2.18 bits per heavy atom. The van der Waals surface area contributed by atoms with Gasteiger partial charge in [-0.2, -0.15) is 0 Å². The number of hydrogen-bond acceptors (Lipinski definition) is 3. The van der Waals surface area contributed by atoms with Crippen molar-refractivity contribution in [2.45, 2.75) is 19.8 Å². The summed E-state index contributed by atoms with van der Waals surface area (Å²) in [6.07, 6.45) is 1.98. The molecule has 64 valence electrons. The van der Waals surface area contributed by atoms with Gasteiger partial charge in [0.25, 0.3) is 0 Å².